The standard InChI is InChI=1S/C25H30N10O3S/c1-3-38-23(37)21-15(2)27-25(39-21)30-24-28-19(12-20(29-24)35-10-8-17(14-36)9-11-35)26-13-16-4-6-18(7-5-16)22-31-33-34-32-22/h4-7,12,17,36H,3,8-11,13-14H2,1-2H3,(H,31,32,33,34)(H2,26,27,28,29,30). The Kier molecular flexibility index (Phi) is 8.22. The summed E-state index contributed by atoms with van der Waals surface area (Å²) < 4.78 is 5.14. The van der Waals surface area contributed by atoms with Crippen molar-refractivity contribution in [3.8, 4) is 11.4 Å². The molecule has 1 aromatic carbocycles. The summed E-state index contributed by atoms with van der Waals surface area (Å²) in [4.78, 5) is 28.8. The van der Waals surface area contributed by atoms with Crippen molar-refractivity contribution in [3.63, 3.8) is 0 Å². The van der Waals surface area contributed by atoms with Crippen molar-refractivity contribution in [2.45, 2.75) is 33.2 Å². The van der Waals surface area contributed by atoms with Crippen LogP contribution in [0.1, 0.15) is 40.7 Å². The number of aromatic amines is 1. The van der Waals surface area contributed by atoms with Crippen molar-refractivity contribution < 1.29 is 14.6 Å². The lowest BCUT2D eigenvalue weighted by molar-refractivity contribution is 0.0531. The molecule has 0 radical (unpaired) electrons. The van der Waals surface area contributed by atoms with E-state index in [-0.39, 0.29) is 6.61 Å². The molecule has 5 rings (SSSR count). The second-order valence-corrected chi connectivity index (χ2v) is 10.1. The predicted octanol–water partition coefficient (Wildman–Crippen LogP) is 3.16. The third-order valence-electron chi connectivity index (χ3n) is 6.42. The highest BCUT2D eigenvalue weighted by molar-refractivity contribution is 7.17. The number of carbonyl (C=O) groups is 1. The molecule has 4 aromatic rings. The van der Waals surface area contributed by atoms with Gasteiger partial charge in [0.2, 0.25) is 11.8 Å². The van der Waals surface area contributed by atoms with Gasteiger partial charge in [-0.15, -0.1) is 10.2 Å². The van der Waals surface area contributed by atoms with Gasteiger partial charge < -0.3 is 20.1 Å². The molecule has 1 aliphatic heterocycles. The number of carbonyl (C=O) groups excluding carboxylic acids is 1. The number of hydrogen-bond donors (Lipinski definition) is 4. The van der Waals surface area contributed by atoms with Gasteiger partial charge in [0.1, 0.15) is 16.5 Å². The van der Waals surface area contributed by atoms with E-state index in [1.54, 1.807) is 13.8 Å². The normalized spacial score (nSPS) is 13.9. The minimum atomic E-state index is -0.394. The number of piperidine rings is 1. The van der Waals surface area contributed by atoms with Crippen molar-refractivity contribution >= 4 is 40.0 Å². The average Bonchev–Trinajstić information content (AvgIpc) is 3.62. The van der Waals surface area contributed by atoms with E-state index in [0.717, 1.165) is 42.9 Å². The monoisotopic (exact) mass is 550 g/mol. The lowest BCUT2D eigenvalue weighted by atomic mass is 9.98. The number of ether oxygens (including phenoxy) is 1. The van der Waals surface area contributed by atoms with E-state index in [1.807, 2.05) is 30.3 Å². The van der Waals surface area contributed by atoms with Gasteiger partial charge in [0.05, 0.1) is 12.3 Å². The number of hydrogen-bond acceptors (Lipinski definition) is 13. The fraction of sp³-hybridized carbons (Fsp3) is 0.400. The number of nitrogens with zero attached hydrogens (tertiary/aromatic N) is 7. The molecule has 0 amide bonds. The molecule has 3 aromatic heterocycles. The molecular formula is C25H30N10O3S. The Bertz CT molecular complexity index is 1390. The van der Waals surface area contributed by atoms with E-state index < -0.39 is 5.97 Å². The Morgan fingerprint density at radius 2 is 2.00 bits per heavy atom. The van der Waals surface area contributed by atoms with Crippen LogP contribution in [0.25, 0.3) is 11.4 Å². The molecule has 4 heterocycles. The Hall–Kier alpha value is -4.17. The van der Waals surface area contributed by atoms with Crippen LogP contribution < -0.4 is 15.5 Å². The van der Waals surface area contributed by atoms with Crippen molar-refractivity contribution in [3.05, 3.63) is 46.5 Å². The Morgan fingerprint density at radius 1 is 1.21 bits per heavy atom. The molecule has 0 saturated carbocycles. The smallest absolute Gasteiger partial charge is 0.350 e. The van der Waals surface area contributed by atoms with Crippen molar-refractivity contribution in [1.82, 2.24) is 35.6 Å². The van der Waals surface area contributed by atoms with Gasteiger partial charge in [0.25, 0.3) is 0 Å². The van der Waals surface area contributed by atoms with E-state index in [1.165, 1.54) is 11.3 Å². The summed E-state index contributed by atoms with van der Waals surface area (Å²) in [7, 11) is 0. The number of H-pyrrole nitrogens is 1. The second-order valence-electron chi connectivity index (χ2n) is 9.11. The number of aliphatic hydroxyl groups is 1. The van der Waals surface area contributed by atoms with Crippen molar-refractivity contribution in [2.24, 2.45) is 5.92 Å². The van der Waals surface area contributed by atoms with Gasteiger partial charge in [0.15, 0.2) is 5.13 Å². The number of aryl methyl sites for hydroxylation is 1. The van der Waals surface area contributed by atoms with E-state index in [4.69, 9.17) is 9.72 Å². The van der Waals surface area contributed by atoms with Crippen LogP contribution in [0.15, 0.2) is 30.3 Å². The molecule has 39 heavy (non-hydrogen) atoms. The lowest BCUT2D eigenvalue weighted by Crippen LogP contribution is -2.35. The molecular weight excluding hydrogens is 520 g/mol. The maximum absolute atomic E-state index is 12.2. The maximum Gasteiger partial charge on any atom is 0.350 e. The highest BCUT2D eigenvalue weighted by Crippen LogP contribution is 2.29. The number of thiazole rings is 1. The van der Waals surface area contributed by atoms with Crippen LogP contribution in [-0.4, -0.2) is 73.0 Å². The van der Waals surface area contributed by atoms with Gasteiger partial charge in [-0.25, -0.2) is 9.78 Å². The molecule has 4 N–H and O–H groups in total. The lowest BCUT2D eigenvalue weighted by Gasteiger charge is -2.32. The molecule has 1 aliphatic rings. The number of aromatic nitrogens is 7. The second kappa shape index (κ2) is 12.1. The van der Waals surface area contributed by atoms with Crippen LogP contribution >= 0.6 is 11.3 Å². The van der Waals surface area contributed by atoms with Crippen LogP contribution in [0.4, 0.5) is 22.7 Å². The molecule has 13 nitrogen and oxygen atoms in total. The van der Waals surface area contributed by atoms with Crippen LogP contribution in [0, 0.1) is 12.8 Å². The maximum atomic E-state index is 12.2. The summed E-state index contributed by atoms with van der Waals surface area (Å²) in [6.07, 6.45) is 1.79. The Labute approximate surface area is 229 Å². The number of aliphatic hydroxyl groups excluding tert-OH is 1. The highest BCUT2D eigenvalue weighted by atomic mass is 32.1. The number of nitrogens with one attached hydrogen (secondary N) is 3. The number of rotatable bonds is 10. The number of anilines is 4. The molecule has 1 fully saturated rings. The summed E-state index contributed by atoms with van der Waals surface area (Å²) in [6.45, 7) is 6.17. The van der Waals surface area contributed by atoms with Gasteiger partial charge in [-0.2, -0.15) is 15.2 Å². The first kappa shape index (κ1) is 26.4. The van der Waals surface area contributed by atoms with E-state index in [2.05, 4.69) is 46.1 Å². The highest BCUT2D eigenvalue weighted by Gasteiger charge is 2.22. The Morgan fingerprint density at radius 3 is 2.69 bits per heavy atom. The molecule has 0 spiro atoms. The fourth-order valence-electron chi connectivity index (χ4n) is 4.27. The van der Waals surface area contributed by atoms with Gasteiger partial charge in [0, 0.05) is 37.9 Å². The number of esters is 1. The largest absolute Gasteiger partial charge is 0.462 e. The number of benzene rings is 1. The molecule has 0 aliphatic carbocycles. The minimum Gasteiger partial charge on any atom is -0.462 e. The van der Waals surface area contributed by atoms with Crippen LogP contribution in [0.5, 0.6) is 0 Å². The topological polar surface area (TPSA) is 167 Å². The molecule has 204 valence electrons. The summed E-state index contributed by atoms with van der Waals surface area (Å²) >= 11 is 1.21. The quantitative estimate of drug-likeness (QED) is 0.213. The third-order valence-corrected chi connectivity index (χ3v) is 7.47. The zero-order valence-electron chi connectivity index (χ0n) is 21.7. The van der Waals surface area contributed by atoms with E-state index in [9.17, 15) is 9.90 Å². The molecule has 14 heteroatoms. The fourth-order valence-corrected chi connectivity index (χ4v) is 5.12. The van der Waals surface area contributed by atoms with Crippen LogP contribution in [0.3, 0.4) is 0 Å². The van der Waals surface area contributed by atoms with Gasteiger partial charge in [-0.1, -0.05) is 35.6 Å². The molecule has 1 saturated heterocycles. The summed E-state index contributed by atoms with van der Waals surface area (Å²) in [5.74, 6) is 2.25. The van der Waals surface area contributed by atoms with Gasteiger partial charge in [-0.05, 0) is 43.4 Å². The summed E-state index contributed by atoms with van der Waals surface area (Å²) in [6, 6.07) is 9.80. The zero-order chi connectivity index (χ0) is 27.2. The van der Waals surface area contributed by atoms with Crippen LogP contribution in [-0.2, 0) is 11.3 Å². The Balaban J connectivity index is 1.35. The zero-order valence-corrected chi connectivity index (χ0v) is 22.5. The first-order valence-corrected chi connectivity index (χ1v) is 13.6. The third kappa shape index (κ3) is 6.46. The van der Waals surface area contributed by atoms with Crippen LogP contribution in [0.2, 0.25) is 0 Å². The van der Waals surface area contributed by atoms with Gasteiger partial charge in [-0.3, -0.25) is 5.32 Å². The SMILES string of the molecule is CCOC(=O)c1sc(Nc2nc(NCc3ccc(-c4nn[nH]n4)cc3)cc(N3CCC(CO)CC3)n2)nc1C. The first-order valence-electron chi connectivity index (χ1n) is 12.8. The van der Waals surface area contributed by atoms with Crippen molar-refractivity contribution in [1.29, 1.82) is 0 Å². The average molecular weight is 551 g/mol. The summed E-state index contributed by atoms with van der Waals surface area (Å²) in [5.41, 5.74) is 2.51. The summed E-state index contributed by atoms with van der Waals surface area (Å²) in [5, 5.41) is 30.7. The minimum absolute atomic E-state index is 0.203. The molecule has 0 unspecified atom stereocenters. The molecule has 0 atom stereocenters. The predicted molar refractivity (Wildman–Crippen MR) is 147 cm³/mol. The first-order chi connectivity index (χ1) is 19.0. The molecule has 0 bridgehead atoms. The van der Waals surface area contributed by atoms with Crippen molar-refractivity contribution in [2.75, 3.05) is 41.8 Å². The number of tetrazole rings is 1. The van der Waals surface area contributed by atoms with E-state index in [0.29, 0.717) is 52.4 Å². The van der Waals surface area contributed by atoms with Gasteiger partial charge >= 0.3 is 5.97 Å². The van der Waals surface area contributed by atoms with E-state index >= 15 is 0 Å².